The van der Waals surface area contributed by atoms with Crippen molar-refractivity contribution in [2.75, 3.05) is 11.1 Å². The predicted octanol–water partition coefficient (Wildman–Crippen LogP) is 4.07. The summed E-state index contributed by atoms with van der Waals surface area (Å²) in [6, 6.07) is 9.08. The van der Waals surface area contributed by atoms with E-state index in [4.69, 9.17) is 4.99 Å². The SMILES string of the molecule is Cc1cccc(NC2=NC3CCCCC3CS2)c1. The van der Waals surface area contributed by atoms with Crippen molar-refractivity contribution in [1.82, 2.24) is 0 Å². The summed E-state index contributed by atoms with van der Waals surface area (Å²) >= 11 is 1.89. The van der Waals surface area contributed by atoms with Gasteiger partial charge >= 0.3 is 0 Å². The summed E-state index contributed by atoms with van der Waals surface area (Å²) in [5, 5.41) is 4.58. The molecular weight excluding hydrogens is 240 g/mol. The molecule has 0 amide bonds. The number of amidine groups is 1. The van der Waals surface area contributed by atoms with E-state index in [0.29, 0.717) is 6.04 Å². The highest BCUT2D eigenvalue weighted by atomic mass is 32.2. The number of benzene rings is 1. The van der Waals surface area contributed by atoms with Gasteiger partial charge in [0.2, 0.25) is 0 Å². The van der Waals surface area contributed by atoms with Gasteiger partial charge in [0, 0.05) is 11.4 Å². The Labute approximate surface area is 113 Å². The van der Waals surface area contributed by atoms with E-state index in [0.717, 1.165) is 16.8 Å². The van der Waals surface area contributed by atoms with Gasteiger partial charge in [0.15, 0.2) is 5.17 Å². The first kappa shape index (κ1) is 12.1. The van der Waals surface area contributed by atoms with Crippen LogP contribution in [0.3, 0.4) is 0 Å². The maximum absolute atomic E-state index is 4.90. The summed E-state index contributed by atoms with van der Waals surface area (Å²) < 4.78 is 0. The number of nitrogens with one attached hydrogen (secondary N) is 1. The van der Waals surface area contributed by atoms with Crippen LogP contribution in [-0.4, -0.2) is 17.0 Å². The fraction of sp³-hybridized carbons (Fsp3) is 0.533. The fourth-order valence-corrected chi connectivity index (χ4v) is 4.00. The van der Waals surface area contributed by atoms with E-state index in [1.54, 1.807) is 0 Å². The second-order valence-electron chi connectivity index (χ2n) is 5.35. The summed E-state index contributed by atoms with van der Waals surface area (Å²) in [5.74, 6) is 2.06. The first-order valence-electron chi connectivity index (χ1n) is 6.85. The highest BCUT2D eigenvalue weighted by Gasteiger charge is 2.28. The van der Waals surface area contributed by atoms with Gasteiger partial charge in [0.1, 0.15) is 0 Å². The molecule has 1 N–H and O–H groups in total. The molecule has 1 aromatic carbocycles. The van der Waals surface area contributed by atoms with Gasteiger partial charge in [0.05, 0.1) is 6.04 Å². The van der Waals surface area contributed by atoms with E-state index in [1.807, 2.05) is 11.8 Å². The van der Waals surface area contributed by atoms with Crippen LogP contribution in [0.25, 0.3) is 0 Å². The smallest absolute Gasteiger partial charge is 0.161 e. The number of aryl methyl sites for hydroxylation is 1. The Morgan fingerprint density at radius 3 is 3.06 bits per heavy atom. The van der Waals surface area contributed by atoms with E-state index >= 15 is 0 Å². The Kier molecular flexibility index (Phi) is 3.59. The van der Waals surface area contributed by atoms with Crippen molar-refractivity contribution in [1.29, 1.82) is 0 Å². The topological polar surface area (TPSA) is 24.4 Å². The van der Waals surface area contributed by atoms with Crippen molar-refractivity contribution in [2.45, 2.75) is 38.6 Å². The van der Waals surface area contributed by atoms with Crippen LogP contribution in [0.2, 0.25) is 0 Å². The Hall–Kier alpha value is -0.960. The Morgan fingerprint density at radius 1 is 1.28 bits per heavy atom. The van der Waals surface area contributed by atoms with Crippen LogP contribution in [-0.2, 0) is 0 Å². The van der Waals surface area contributed by atoms with Gasteiger partial charge in [0.25, 0.3) is 0 Å². The second kappa shape index (κ2) is 5.35. The van der Waals surface area contributed by atoms with E-state index in [2.05, 4.69) is 36.5 Å². The molecule has 3 rings (SSSR count). The molecule has 18 heavy (non-hydrogen) atoms. The predicted molar refractivity (Wildman–Crippen MR) is 80.4 cm³/mol. The lowest BCUT2D eigenvalue weighted by molar-refractivity contribution is 0.336. The first-order chi connectivity index (χ1) is 8.81. The fourth-order valence-electron chi connectivity index (χ4n) is 2.84. The zero-order valence-corrected chi connectivity index (χ0v) is 11.7. The lowest BCUT2D eigenvalue weighted by Gasteiger charge is -2.32. The third kappa shape index (κ3) is 2.72. The summed E-state index contributed by atoms with van der Waals surface area (Å²) in [7, 11) is 0. The number of nitrogens with zero attached hydrogens (tertiary/aromatic N) is 1. The molecule has 1 fully saturated rings. The van der Waals surface area contributed by atoms with Gasteiger partial charge in [-0.15, -0.1) is 0 Å². The molecule has 1 heterocycles. The minimum Gasteiger partial charge on any atom is -0.335 e. The molecule has 0 spiro atoms. The van der Waals surface area contributed by atoms with Gasteiger partial charge in [-0.3, -0.25) is 4.99 Å². The summed E-state index contributed by atoms with van der Waals surface area (Å²) in [6.07, 6.45) is 5.41. The molecule has 0 radical (unpaired) electrons. The normalized spacial score (nSPS) is 27.3. The molecule has 0 aromatic heterocycles. The van der Waals surface area contributed by atoms with E-state index in [9.17, 15) is 0 Å². The number of anilines is 1. The van der Waals surface area contributed by atoms with Crippen LogP contribution < -0.4 is 5.32 Å². The lowest BCUT2D eigenvalue weighted by atomic mass is 9.86. The zero-order chi connectivity index (χ0) is 12.4. The Balaban J connectivity index is 1.71. The summed E-state index contributed by atoms with van der Waals surface area (Å²) in [4.78, 5) is 4.90. The molecule has 1 aliphatic heterocycles. The molecule has 1 saturated carbocycles. The highest BCUT2D eigenvalue weighted by Crippen LogP contribution is 2.34. The largest absolute Gasteiger partial charge is 0.335 e. The minimum absolute atomic E-state index is 0.576. The van der Waals surface area contributed by atoms with Gasteiger partial charge < -0.3 is 5.32 Å². The number of hydrogen-bond donors (Lipinski definition) is 1. The quantitative estimate of drug-likeness (QED) is 0.823. The number of thioether (sulfide) groups is 1. The third-order valence-electron chi connectivity index (χ3n) is 3.86. The van der Waals surface area contributed by atoms with Crippen molar-refractivity contribution in [3.05, 3.63) is 29.8 Å². The van der Waals surface area contributed by atoms with Gasteiger partial charge in [-0.25, -0.2) is 0 Å². The van der Waals surface area contributed by atoms with Gasteiger partial charge in [-0.1, -0.05) is 36.7 Å². The van der Waals surface area contributed by atoms with Gasteiger partial charge in [-0.2, -0.15) is 0 Å². The van der Waals surface area contributed by atoms with E-state index in [-0.39, 0.29) is 0 Å². The molecule has 2 atom stereocenters. The van der Waals surface area contributed by atoms with Crippen LogP contribution in [0.15, 0.2) is 29.3 Å². The molecule has 0 bridgehead atoms. The standard InChI is InChI=1S/C15H20N2S/c1-11-5-4-7-13(9-11)16-15-17-14-8-3-2-6-12(14)10-18-15/h4-5,7,9,12,14H,2-3,6,8,10H2,1H3,(H,16,17). The summed E-state index contributed by atoms with van der Waals surface area (Å²) in [6.45, 7) is 2.12. The molecule has 0 saturated heterocycles. The molecule has 2 unspecified atom stereocenters. The van der Waals surface area contributed by atoms with E-state index < -0.39 is 0 Å². The van der Waals surface area contributed by atoms with Crippen molar-refractivity contribution >= 4 is 22.6 Å². The zero-order valence-electron chi connectivity index (χ0n) is 10.9. The number of fused-ring (bicyclic) bond motifs is 1. The van der Waals surface area contributed by atoms with Crippen LogP contribution in [0.4, 0.5) is 5.69 Å². The Morgan fingerprint density at radius 2 is 2.17 bits per heavy atom. The van der Waals surface area contributed by atoms with E-state index in [1.165, 1.54) is 37.0 Å². The maximum Gasteiger partial charge on any atom is 0.161 e. The molecule has 2 nitrogen and oxygen atoms in total. The average molecular weight is 260 g/mol. The number of rotatable bonds is 1. The highest BCUT2D eigenvalue weighted by molar-refractivity contribution is 8.14. The van der Waals surface area contributed by atoms with Crippen molar-refractivity contribution in [2.24, 2.45) is 10.9 Å². The molecular formula is C15H20N2S. The van der Waals surface area contributed by atoms with Crippen molar-refractivity contribution in [3.63, 3.8) is 0 Å². The molecule has 1 aromatic rings. The molecule has 1 aliphatic carbocycles. The average Bonchev–Trinajstić information content (AvgIpc) is 2.39. The van der Waals surface area contributed by atoms with Crippen molar-refractivity contribution < 1.29 is 0 Å². The molecule has 3 heteroatoms. The Bertz CT molecular complexity index is 456. The summed E-state index contributed by atoms with van der Waals surface area (Å²) in [5.41, 5.74) is 2.45. The maximum atomic E-state index is 4.90. The molecule has 2 aliphatic rings. The lowest BCUT2D eigenvalue weighted by Crippen LogP contribution is -2.31. The monoisotopic (exact) mass is 260 g/mol. The number of hydrogen-bond acceptors (Lipinski definition) is 3. The van der Waals surface area contributed by atoms with Crippen LogP contribution in [0.1, 0.15) is 31.2 Å². The number of aliphatic imine (C=N–C) groups is 1. The molecule has 96 valence electrons. The van der Waals surface area contributed by atoms with Gasteiger partial charge in [-0.05, 0) is 43.4 Å². The minimum atomic E-state index is 0.576. The third-order valence-corrected chi connectivity index (χ3v) is 4.93. The van der Waals surface area contributed by atoms with Crippen molar-refractivity contribution in [3.8, 4) is 0 Å². The first-order valence-corrected chi connectivity index (χ1v) is 7.84. The van der Waals surface area contributed by atoms with Crippen LogP contribution >= 0.6 is 11.8 Å². The van der Waals surface area contributed by atoms with Crippen LogP contribution in [0.5, 0.6) is 0 Å². The van der Waals surface area contributed by atoms with Crippen LogP contribution in [0, 0.1) is 12.8 Å². The second-order valence-corrected chi connectivity index (χ2v) is 6.36.